The highest BCUT2D eigenvalue weighted by Crippen LogP contribution is 2.26. The minimum atomic E-state index is -0.834. The Labute approximate surface area is 129 Å². The van der Waals surface area contributed by atoms with Crippen molar-refractivity contribution in [3.05, 3.63) is 63.9 Å². The Bertz CT molecular complexity index is 661. The molecule has 0 bridgehead atoms. The van der Waals surface area contributed by atoms with Gasteiger partial charge in [0.25, 0.3) is 0 Å². The molecule has 0 aliphatic heterocycles. The van der Waals surface area contributed by atoms with E-state index >= 15 is 0 Å². The Morgan fingerprint density at radius 2 is 1.95 bits per heavy atom. The first-order valence-corrected chi connectivity index (χ1v) is 6.82. The quantitative estimate of drug-likeness (QED) is 0.841. The van der Waals surface area contributed by atoms with Gasteiger partial charge in [-0.2, -0.15) is 0 Å². The van der Waals surface area contributed by atoms with Crippen molar-refractivity contribution in [2.45, 2.75) is 6.61 Å². The molecular formula is C15H11BrFNO3. The van der Waals surface area contributed by atoms with Gasteiger partial charge in [0.15, 0.2) is 12.1 Å². The van der Waals surface area contributed by atoms with E-state index in [0.717, 1.165) is 5.56 Å². The predicted molar refractivity (Wildman–Crippen MR) is 79.7 cm³/mol. The lowest BCUT2D eigenvalue weighted by Crippen LogP contribution is -2.16. The minimum Gasteiger partial charge on any atom is -0.444 e. The second kappa shape index (κ2) is 6.99. The van der Waals surface area contributed by atoms with E-state index in [1.807, 2.05) is 18.2 Å². The van der Waals surface area contributed by atoms with Crippen molar-refractivity contribution in [3.63, 3.8) is 0 Å². The van der Waals surface area contributed by atoms with Crippen molar-refractivity contribution in [1.29, 1.82) is 0 Å². The second-order valence-electron chi connectivity index (χ2n) is 4.13. The summed E-state index contributed by atoms with van der Waals surface area (Å²) in [4.78, 5) is 22.6. The zero-order chi connectivity index (χ0) is 15.2. The zero-order valence-corrected chi connectivity index (χ0v) is 12.4. The van der Waals surface area contributed by atoms with E-state index in [9.17, 15) is 14.0 Å². The Hall–Kier alpha value is -2.21. The first-order chi connectivity index (χ1) is 10.1. The van der Waals surface area contributed by atoms with Crippen LogP contribution >= 0.6 is 15.9 Å². The molecule has 0 saturated heterocycles. The molecule has 0 aromatic heterocycles. The number of amides is 1. The molecule has 2 rings (SSSR count). The number of aldehydes is 1. The number of halogens is 2. The fourth-order valence-corrected chi connectivity index (χ4v) is 1.98. The molecule has 2 aromatic rings. The maximum atomic E-state index is 13.9. The van der Waals surface area contributed by atoms with Gasteiger partial charge in [0.2, 0.25) is 0 Å². The third kappa shape index (κ3) is 3.88. The summed E-state index contributed by atoms with van der Waals surface area (Å²) in [5.41, 5.74) is 0.628. The van der Waals surface area contributed by atoms with Crippen molar-refractivity contribution in [2.75, 3.05) is 5.32 Å². The highest BCUT2D eigenvalue weighted by molar-refractivity contribution is 9.10. The number of carbonyl (C=O) groups excluding carboxylic acids is 2. The van der Waals surface area contributed by atoms with Crippen LogP contribution in [0.4, 0.5) is 14.9 Å². The molecule has 2 aromatic carbocycles. The van der Waals surface area contributed by atoms with Crippen molar-refractivity contribution in [3.8, 4) is 0 Å². The van der Waals surface area contributed by atoms with E-state index in [2.05, 4.69) is 21.2 Å². The van der Waals surface area contributed by atoms with Crippen LogP contribution < -0.4 is 5.32 Å². The topological polar surface area (TPSA) is 55.4 Å². The van der Waals surface area contributed by atoms with E-state index in [4.69, 9.17) is 4.74 Å². The number of ether oxygens (including phenoxy) is 1. The molecule has 0 heterocycles. The van der Waals surface area contributed by atoms with Gasteiger partial charge >= 0.3 is 6.09 Å². The van der Waals surface area contributed by atoms with Crippen LogP contribution in [0.3, 0.4) is 0 Å². The summed E-state index contributed by atoms with van der Waals surface area (Å²) in [6, 6.07) is 11.8. The van der Waals surface area contributed by atoms with Crippen molar-refractivity contribution < 1.29 is 18.7 Å². The van der Waals surface area contributed by atoms with Gasteiger partial charge in [-0.3, -0.25) is 10.1 Å². The van der Waals surface area contributed by atoms with Crippen LogP contribution in [0.15, 0.2) is 46.9 Å². The van der Waals surface area contributed by atoms with Gasteiger partial charge < -0.3 is 4.74 Å². The number of carbonyl (C=O) groups is 2. The molecule has 0 aliphatic carbocycles. The number of rotatable bonds is 4. The molecular weight excluding hydrogens is 341 g/mol. The Balaban J connectivity index is 2.06. The molecule has 0 aliphatic rings. The average molecular weight is 352 g/mol. The summed E-state index contributed by atoms with van der Waals surface area (Å²) in [7, 11) is 0. The number of hydrogen-bond acceptors (Lipinski definition) is 3. The third-order valence-corrected chi connectivity index (χ3v) is 3.31. The van der Waals surface area contributed by atoms with Gasteiger partial charge in [-0.05, 0) is 33.6 Å². The van der Waals surface area contributed by atoms with Gasteiger partial charge in [-0.25, -0.2) is 9.18 Å². The first kappa shape index (κ1) is 15.2. The molecule has 0 fully saturated rings. The molecule has 6 heteroatoms. The largest absolute Gasteiger partial charge is 0.444 e. The summed E-state index contributed by atoms with van der Waals surface area (Å²) in [6.45, 7) is 0.0543. The van der Waals surface area contributed by atoms with Crippen LogP contribution in [0.25, 0.3) is 0 Å². The summed E-state index contributed by atoms with van der Waals surface area (Å²) < 4.78 is 19.0. The molecule has 0 spiro atoms. The zero-order valence-electron chi connectivity index (χ0n) is 10.8. The standard InChI is InChI=1S/C15H11BrFNO3/c16-12-7-6-11(8-19)14(13(12)17)18-15(20)21-9-10-4-2-1-3-5-10/h1-8H,9H2,(H,18,20). The van der Waals surface area contributed by atoms with Crippen molar-refractivity contribution in [2.24, 2.45) is 0 Å². The fourth-order valence-electron chi connectivity index (χ4n) is 1.65. The first-order valence-electron chi connectivity index (χ1n) is 6.02. The number of anilines is 1. The molecule has 0 atom stereocenters. The van der Waals surface area contributed by atoms with E-state index < -0.39 is 11.9 Å². The van der Waals surface area contributed by atoms with E-state index in [-0.39, 0.29) is 22.3 Å². The van der Waals surface area contributed by atoms with Gasteiger partial charge in [-0.15, -0.1) is 0 Å². The van der Waals surface area contributed by atoms with Gasteiger partial charge in [0.05, 0.1) is 10.2 Å². The van der Waals surface area contributed by atoms with Crippen LogP contribution in [-0.2, 0) is 11.3 Å². The summed E-state index contributed by atoms with van der Waals surface area (Å²) in [6.07, 6.45) is -0.374. The molecule has 108 valence electrons. The summed E-state index contributed by atoms with van der Waals surface area (Å²) in [5.74, 6) is -0.726. The van der Waals surface area contributed by atoms with Gasteiger partial charge in [0, 0.05) is 5.56 Å². The number of hydrogen-bond donors (Lipinski definition) is 1. The Kier molecular flexibility index (Phi) is 5.05. The highest BCUT2D eigenvalue weighted by atomic mass is 79.9. The molecule has 0 unspecified atom stereocenters. The molecule has 0 radical (unpaired) electrons. The number of benzene rings is 2. The molecule has 4 nitrogen and oxygen atoms in total. The smallest absolute Gasteiger partial charge is 0.412 e. The Morgan fingerprint density at radius 1 is 1.24 bits per heavy atom. The molecule has 0 saturated carbocycles. The monoisotopic (exact) mass is 351 g/mol. The third-order valence-electron chi connectivity index (χ3n) is 2.69. The predicted octanol–water partition coefficient (Wildman–Crippen LogP) is 4.15. The molecule has 1 amide bonds. The average Bonchev–Trinajstić information content (AvgIpc) is 2.51. The SMILES string of the molecule is O=Cc1ccc(Br)c(F)c1NC(=O)OCc1ccccc1. The van der Waals surface area contributed by atoms with Gasteiger partial charge in [-0.1, -0.05) is 30.3 Å². The molecule has 1 N–H and O–H groups in total. The van der Waals surface area contributed by atoms with E-state index in [1.165, 1.54) is 12.1 Å². The Morgan fingerprint density at radius 3 is 2.62 bits per heavy atom. The summed E-state index contributed by atoms with van der Waals surface area (Å²) in [5, 5.41) is 2.24. The lowest BCUT2D eigenvalue weighted by Gasteiger charge is -2.10. The molecule has 21 heavy (non-hydrogen) atoms. The lowest BCUT2D eigenvalue weighted by atomic mass is 10.2. The normalized spacial score (nSPS) is 10.0. The van der Waals surface area contributed by atoms with Crippen LogP contribution in [0.2, 0.25) is 0 Å². The van der Waals surface area contributed by atoms with Crippen LogP contribution in [0.1, 0.15) is 15.9 Å². The fraction of sp³-hybridized carbons (Fsp3) is 0.0667. The van der Waals surface area contributed by atoms with E-state index in [1.54, 1.807) is 12.1 Å². The maximum Gasteiger partial charge on any atom is 0.412 e. The number of nitrogens with one attached hydrogen (secondary N) is 1. The van der Waals surface area contributed by atoms with Crippen molar-refractivity contribution >= 4 is 34.0 Å². The van der Waals surface area contributed by atoms with Crippen LogP contribution in [0.5, 0.6) is 0 Å². The highest BCUT2D eigenvalue weighted by Gasteiger charge is 2.15. The maximum absolute atomic E-state index is 13.9. The van der Waals surface area contributed by atoms with Crippen molar-refractivity contribution in [1.82, 2.24) is 0 Å². The van der Waals surface area contributed by atoms with Crippen LogP contribution in [-0.4, -0.2) is 12.4 Å². The lowest BCUT2D eigenvalue weighted by molar-refractivity contribution is 0.112. The van der Waals surface area contributed by atoms with Crippen LogP contribution in [0, 0.1) is 5.82 Å². The summed E-state index contributed by atoms with van der Waals surface area (Å²) >= 11 is 2.99. The second-order valence-corrected chi connectivity index (χ2v) is 4.98. The minimum absolute atomic E-state index is 0.0346. The van der Waals surface area contributed by atoms with Gasteiger partial charge in [0.1, 0.15) is 6.61 Å². The van der Waals surface area contributed by atoms with E-state index in [0.29, 0.717) is 6.29 Å².